The molecule has 1 N–H and O–H groups in total. The molecule has 1 aliphatic heterocycles. The second kappa shape index (κ2) is 7.00. The van der Waals surface area contributed by atoms with Gasteiger partial charge in [0.1, 0.15) is 0 Å². The zero-order valence-corrected chi connectivity index (χ0v) is 14.9. The molecule has 1 atom stereocenters. The van der Waals surface area contributed by atoms with Gasteiger partial charge in [-0.3, -0.25) is 9.59 Å². The monoisotopic (exact) mass is 352 g/mol. The van der Waals surface area contributed by atoms with Gasteiger partial charge in [0.25, 0.3) is 0 Å². The van der Waals surface area contributed by atoms with Gasteiger partial charge in [0, 0.05) is 31.0 Å². The van der Waals surface area contributed by atoms with Crippen LogP contribution >= 0.6 is 0 Å². The lowest BCUT2D eigenvalue weighted by molar-refractivity contribution is -0.116. The van der Waals surface area contributed by atoms with Crippen molar-refractivity contribution in [1.29, 1.82) is 0 Å². The third kappa shape index (κ3) is 3.44. The van der Waals surface area contributed by atoms with Crippen molar-refractivity contribution in [2.45, 2.75) is 12.8 Å². The third-order valence-electron chi connectivity index (χ3n) is 4.44. The number of Topliss-reactive ketones (excluding diaryl/α,β-unsaturated/α-hetero) is 1. The van der Waals surface area contributed by atoms with Gasteiger partial charge in [0.2, 0.25) is 5.91 Å². The molecule has 26 heavy (non-hydrogen) atoms. The van der Waals surface area contributed by atoms with Gasteiger partial charge in [-0.15, -0.1) is 0 Å². The van der Waals surface area contributed by atoms with E-state index in [1.165, 1.54) is 0 Å². The minimum absolute atomic E-state index is 0.0859. The maximum atomic E-state index is 12.3. The number of anilines is 2. The highest BCUT2D eigenvalue weighted by Gasteiger charge is 2.27. The summed E-state index contributed by atoms with van der Waals surface area (Å²) in [5.41, 5.74) is 3.28. The maximum absolute atomic E-state index is 12.3. The van der Waals surface area contributed by atoms with E-state index in [1.807, 2.05) is 31.1 Å². The molecule has 0 saturated carbocycles. The number of nitrogens with zero attached hydrogens (tertiary/aromatic N) is 1. The Morgan fingerprint density at radius 1 is 1.08 bits per heavy atom. The van der Waals surface area contributed by atoms with E-state index in [-0.39, 0.29) is 24.2 Å². The summed E-state index contributed by atoms with van der Waals surface area (Å²) in [4.78, 5) is 38.0. The van der Waals surface area contributed by atoms with Crippen molar-refractivity contribution in [3.8, 4) is 0 Å². The predicted octanol–water partition coefficient (Wildman–Crippen LogP) is 2.85. The van der Waals surface area contributed by atoms with Gasteiger partial charge in [-0.2, -0.15) is 0 Å². The molecule has 0 unspecified atom stereocenters. The molecule has 0 aliphatic carbocycles. The van der Waals surface area contributed by atoms with E-state index in [1.54, 1.807) is 37.3 Å². The van der Waals surface area contributed by atoms with Crippen LogP contribution in [0.15, 0.2) is 42.5 Å². The number of fused-ring (bicyclic) bond motifs is 1. The normalized spacial score (nSPS) is 15.2. The van der Waals surface area contributed by atoms with Crippen molar-refractivity contribution in [2.24, 2.45) is 0 Å². The molecule has 2 aromatic carbocycles. The van der Waals surface area contributed by atoms with Crippen molar-refractivity contribution in [1.82, 2.24) is 0 Å². The Morgan fingerprint density at radius 2 is 1.73 bits per heavy atom. The molecule has 0 radical (unpaired) electrons. The molecule has 0 saturated heterocycles. The van der Waals surface area contributed by atoms with Gasteiger partial charge in [0.15, 0.2) is 12.4 Å². The predicted molar refractivity (Wildman–Crippen MR) is 98.9 cm³/mol. The molecule has 134 valence electrons. The number of hydrogen-bond donors (Lipinski definition) is 1. The smallest absolute Gasteiger partial charge is 0.338 e. The fraction of sp³-hybridized carbons (Fsp3) is 0.250. The second-order valence-electron chi connectivity index (χ2n) is 6.45. The second-order valence-corrected chi connectivity index (χ2v) is 6.45. The largest absolute Gasteiger partial charge is 0.454 e. The number of carbonyl (C=O) groups excluding carboxylic acids is 3. The molecule has 6 heteroatoms. The summed E-state index contributed by atoms with van der Waals surface area (Å²) in [6.07, 6.45) is 0. The average molecular weight is 352 g/mol. The summed E-state index contributed by atoms with van der Waals surface area (Å²) < 4.78 is 5.13. The maximum Gasteiger partial charge on any atom is 0.338 e. The zero-order valence-electron chi connectivity index (χ0n) is 14.9. The van der Waals surface area contributed by atoms with E-state index in [0.717, 1.165) is 16.9 Å². The zero-order chi connectivity index (χ0) is 18.8. The number of nitrogens with one attached hydrogen (secondary N) is 1. The van der Waals surface area contributed by atoms with E-state index in [4.69, 9.17) is 4.74 Å². The number of benzene rings is 2. The van der Waals surface area contributed by atoms with Gasteiger partial charge >= 0.3 is 5.97 Å². The Bertz CT molecular complexity index is 872. The van der Waals surface area contributed by atoms with Crippen molar-refractivity contribution in [2.75, 3.05) is 30.9 Å². The van der Waals surface area contributed by atoms with Crippen molar-refractivity contribution in [3.63, 3.8) is 0 Å². The van der Waals surface area contributed by atoms with Crippen LogP contribution in [0.25, 0.3) is 0 Å². The van der Waals surface area contributed by atoms with Crippen molar-refractivity contribution in [3.05, 3.63) is 59.2 Å². The molecule has 0 bridgehead atoms. The molecule has 1 aliphatic rings. The van der Waals surface area contributed by atoms with Crippen LogP contribution in [0, 0.1) is 0 Å². The summed E-state index contributed by atoms with van der Waals surface area (Å²) in [6.45, 7) is 1.44. The summed E-state index contributed by atoms with van der Waals surface area (Å²) in [5, 5.41) is 2.76. The van der Waals surface area contributed by atoms with Gasteiger partial charge in [-0.1, -0.05) is 0 Å². The Morgan fingerprint density at radius 3 is 2.38 bits per heavy atom. The highest BCUT2D eigenvalue weighted by atomic mass is 16.5. The third-order valence-corrected chi connectivity index (χ3v) is 4.44. The molecule has 6 nitrogen and oxygen atoms in total. The van der Waals surface area contributed by atoms with Crippen LogP contribution < -0.4 is 10.2 Å². The van der Waals surface area contributed by atoms with E-state index < -0.39 is 5.97 Å². The number of ketones is 1. The average Bonchev–Trinajstić information content (AvgIpc) is 2.93. The minimum atomic E-state index is -0.546. The summed E-state index contributed by atoms with van der Waals surface area (Å²) in [6, 6.07) is 12.0. The van der Waals surface area contributed by atoms with Crippen LogP contribution in [0.4, 0.5) is 11.4 Å². The fourth-order valence-corrected chi connectivity index (χ4v) is 2.78. The quantitative estimate of drug-likeness (QED) is 0.661. The number of carbonyl (C=O) groups is 3. The number of esters is 1. The van der Waals surface area contributed by atoms with Gasteiger partial charge in [0.05, 0.1) is 11.5 Å². The molecule has 0 fully saturated rings. The van der Waals surface area contributed by atoms with E-state index >= 15 is 0 Å². The van der Waals surface area contributed by atoms with E-state index in [0.29, 0.717) is 11.1 Å². The van der Waals surface area contributed by atoms with Crippen molar-refractivity contribution >= 4 is 29.0 Å². The number of rotatable bonds is 5. The number of amides is 1. The van der Waals surface area contributed by atoms with Gasteiger partial charge < -0.3 is 15.0 Å². The highest BCUT2D eigenvalue weighted by Crippen LogP contribution is 2.32. The molecule has 1 amide bonds. The lowest BCUT2D eigenvalue weighted by Crippen LogP contribution is -2.15. The Kier molecular flexibility index (Phi) is 4.75. The molecular formula is C20H20N2O4. The Labute approximate surface area is 151 Å². The molecule has 2 aromatic rings. The standard InChI is InChI=1S/C20H20N2O4/c1-12-16-10-14(6-9-17(16)21-19(12)24)18(23)11-26-20(25)13-4-7-15(8-5-13)22(2)3/h4-10,12H,11H2,1-3H3,(H,21,24)/t12-/m0/s1. The highest BCUT2D eigenvalue weighted by molar-refractivity contribution is 6.05. The van der Waals surface area contributed by atoms with Crippen LogP contribution in [0.2, 0.25) is 0 Å². The first kappa shape index (κ1) is 17.7. The minimum Gasteiger partial charge on any atom is -0.454 e. The SMILES string of the molecule is C[C@@H]1C(=O)Nc2ccc(C(=O)COC(=O)c3ccc(N(C)C)cc3)cc21. The Hall–Kier alpha value is -3.15. The molecule has 1 heterocycles. The van der Waals surface area contributed by atoms with E-state index in [9.17, 15) is 14.4 Å². The van der Waals surface area contributed by atoms with Gasteiger partial charge in [-0.25, -0.2) is 4.79 Å². The van der Waals surface area contributed by atoms with Crippen molar-refractivity contribution < 1.29 is 19.1 Å². The summed E-state index contributed by atoms with van der Waals surface area (Å²) in [7, 11) is 3.82. The van der Waals surface area contributed by atoms with Crippen LogP contribution in [0.3, 0.4) is 0 Å². The molecular weight excluding hydrogens is 332 g/mol. The number of hydrogen-bond acceptors (Lipinski definition) is 5. The molecule has 0 spiro atoms. The molecule has 3 rings (SSSR count). The summed E-state index contributed by atoms with van der Waals surface area (Å²) in [5.74, 6) is -1.24. The first-order valence-electron chi connectivity index (χ1n) is 8.29. The van der Waals surface area contributed by atoms with Crippen LogP contribution in [-0.2, 0) is 9.53 Å². The van der Waals surface area contributed by atoms with Gasteiger partial charge in [-0.05, 0) is 55.0 Å². The lowest BCUT2D eigenvalue weighted by Gasteiger charge is -2.12. The first-order chi connectivity index (χ1) is 12.4. The first-order valence-corrected chi connectivity index (χ1v) is 8.29. The van der Waals surface area contributed by atoms with Crippen LogP contribution in [0.5, 0.6) is 0 Å². The Balaban J connectivity index is 1.64. The molecule has 0 aromatic heterocycles. The fourth-order valence-electron chi connectivity index (χ4n) is 2.78. The van der Waals surface area contributed by atoms with Crippen LogP contribution in [-0.4, -0.2) is 38.4 Å². The number of ether oxygens (including phenoxy) is 1. The summed E-state index contributed by atoms with van der Waals surface area (Å²) >= 11 is 0. The van der Waals surface area contributed by atoms with E-state index in [2.05, 4.69) is 5.32 Å². The topological polar surface area (TPSA) is 75.7 Å². The lowest BCUT2D eigenvalue weighted by atomic mass is 9.99. The van der Waals surface area contributed by atoms with Crippen LogP contribution in [0.1, 0.15) is 39.1 Å².